The molecule has 2 amide bonds. The van der Waals surface area contributed by atoms with Crippen molar-refractivity contribution in [2.24, 2.45) is 5.92 Å². The van der Waals surface area contributed by atoms with Gasteiger partial charge in [0, 0.05) is 43.4 Å². The molecule has 7 nitrogen and oxygen atoms in total. The van der Waals surface area contributed by atoms with Crippen molar-refractivity contribution in [1.29, 1.82) is 0 Å². The van der Waals surface area contributed by atoms with Crippen LogP contribution in [0.3, 0.4) is 0 Å². The second-order valence-corrected chi connectivity index (χ2v) is 10.3. The lowest BCUT2D eigenvalue weighted by molar-refractivity contribution is 0.0609. The van der Waals surface area contributed by atoms with E-state index in [0.29, 0.717) is 19.0 Å². The van der Waals surface area contributed by atoms with Crippen molar-refractivity contribution in [2.45, 2.75) is 78.4 Å². The molecule has 2 aromatic heterocycles. The van der Waals surface area contributed by atoms with Crippen molar-refractivity contribution < 1.29 is 9.59 Å². The number of likely N-dealkylation sites (tertiary alicyclic amines) is 1. The minimum atomic E-state index is -0.516. The van der Waals surface area contributed by atoms with E-state index in [-0.39, 0.29) is 23.1 Å². The van der Waals surface area contributed by atoms with Crippen LogP contribution >= 0.6 is 0 Å². The molecule has 3 rings (SSSR count). The third kappa shape index (κ3) is 6.30. The first-order valence-corrected chi connectivity index (χ1v) is 11.8. The molecule has 3 heterocycles. The van der Waals surface area contributed by atoms with Gasteiger partial charge in [-0.3, -0.25) is 19.4 Å². The van der Waals surface area contributed by atoms with Gasteiger partial charge >= 0.3 is 0 Å². The van der Waals surface area contributed by atoms with Gasteiger partial charge in [0.15, 0.2) is 0 Å². The minimum Gasteiger partial charge on any atom is -0.352 e. The number of pyridine rings is 2. The van der Waals surface area contributed by atoms with Crippen LogP contribution in [0.2, 0.25) is 0 Å². The SMILES string of the molecule is CC(C)CCn1cc(C(=O)NC(C)(C)C)c(=O)c(C(=O)N2CCCCC2c2cccnc2)c1. The van der Waals surface area contributed by atoms with Crippen LogP contribution in [-0.2, 0) is 6.54 Å². The van der Waals surface area contributed by atoms with Gasteiger partial charge < -0.3 is 14.8 Å². The van der Waals surface area contributed by atoms with Gasteiger partial charge in [-0.1, -0.05) is 19.9 Å². The van der Waals surface area contributed by atoms with Crippen LogP contribution in [0, 0.1) is 5.92 Å². The maximum atomic E-state index is 13.7. The molecule has 0 saturated carbocycles. The first kappa shape index (κ1) is 24.7. The highest BCUT2D eigenvalue weighted by Crippen LogP contribution is 2.31. The van der Waals surface area contributed by atoms with E-state index < -0.39 is 16.9 Å². The molecule has 178 valence electrons. The first-order chi connectivity index (χ1) is 15.6. The minimum absolute atomic E-state index is 0.00877. The largest absolute Gasteiger partial charge is 0.352 e. The monoisotopic (exact) mass is 452 g/mol. The summed E-state index contributed by atoms with van der Waals surface area (Å²) in [4.78, 5) is 46.0. The fourth-order valence-corrected chi connectivity index (χ4v) is 4.14. The standard InChI is InChI=1S/C26H36N4O3/c1-18(2)11-14-29-16-20(24(32)28-26(3,4)5)23(31)21(17-29)25(33)30-13-7-6-10-22(30)19-9-8-12-27-15-19/h8-9,12,15-18,22H,6-7,10-11,13-14H2,1-5H3,(H,28,32). The number of hydrogen-bond donors (Lipinski definition) is 1. The van der Waals surface area contributed by atoms with Gasteiger partial charge in [0.2, 0.25) is 5.43 Å². The van der Waals surface area contributed by atoms with Crippen molar-refractivity contribution in [3.63, 3.8) is 0 Å². The average molecular weight is 453 g/mol. The molecule has 1 N–H and O–H groups in total. The smallest absolute Gasteiger partial charge is 0.259 e. The third-order valence-corrected chi connectivity index (χ3v) is 5.84. The zero-order valence-electron chi connectivity index (χ0n) is 20.4. The summed E-state index contributed by atoms with van der Waals surface area (Å²) in [7, 11) is 0. The van der Waals surface area contributed by atoms with Gasteiger partial charge in [0.25, 0.3) is 11.8 Å². The van der Waals surface area contributed by atoms with Gasteiger partial charge in [-0.2, -0.15) is 0 Å². The summed E-state index contributed by atoms with van der Waals surface area (Å²) < 4.78 is 1.81. The van der Waals surface area contributed by atoms with Crippen LogP contribution in [0.15, 0.2) is 41.7 Å². The van der Waals surface area contributed by atoms with E-state index in [4.69, 9.17) is 0 Å². The zero-order chi connectivity index (χ0) is 24.2. The van der Waals surface area contributed by atoms with E-state index in [1.807, 2.05) is 37.5 Å². The Bertz CT molecular complexity index is 1040. The highest BCUT2D eigenvalue weighted by Gasteiger charge is 2.31. The van der Waals surface area contributed by atoms with Crippen LogP contribution in [0.4, 0.5) is 0 Å². The number of rotatable bonds is 6. The molecule has 1 fully saturated rings. The van der Waals surface area contributed by atoms with Crippen LogP contribution in [-0.4, -0.2) is 38.3 Å². The highest BCUT2D eigenvalue weighted by atomic mass is 16.2. The Morgan fingerprint density at radius 1 is 1.18 bits per heavy atom. The molecule has 0 bridgehead atoms. The van der Waals surface area contributed by atoms with Crippen LogP contribution in [0.1, 0.15) is 92.6 Å². The van der Waals surface area contributed by atoms with Crippen molar-refractivity contribution in [3.05, 3.63) is 63.8 Å². The summed E-state index contributed by atoms with van der Waals surface area (Å²) in [6, 6.07) is 3.70. The maximum Gasteiger partial charge on any atom is 0.259 e. The molecule has 1 unspecified atom stereocenters. The summed E-state index contributed by atoms with van der Waals surface area (Å²) in [5.74, 6) is -0.326. The molecule has 0 spiro atoms. The highest BCUT2D eigenvalue weighted by molar-refractivity contribution is 5.99. The second-order valence-electron chi connectivity index (χ2n) is 10.3. The number of carbonyl (C=O) groups excluding carboxylic acids is 2. The Morgan fingerprint density at radius 3 is 2.55 bits per heavy atom. The van der Waals surface area contributed by atoms with Crippen molar-refractivity contribution >= 4 is 11.8 Å². The quantitative estimate of drug-likeness (QED) is 0.712. The molecule has 0 aliphatic carbocycles. The number of nitrogens with one attached hydrogen (secondary N) is 1. The molecule has 1 aliphatic rings. The maximum absolute atomic E-state index is 13.7. The predicted molar refractivity (Wildman–Crippen MR) is 129 cm³/mol. The van der Waals surface area contributed by atoms with Crippen molar-refractivity contribution in [3.8, 4) is 0 Å². The van der Waals surface area contributed by atoms with E-state index in [9.17, 15) is 14.4 Å². The second kappa shape index (κ2) is 10.3. The van der Waals surface area contributed by atoms with Crippen LogP contribution in [0.25, 0.3) is 0 Å². The number of piperidine rings is 1. The van der Waals surface area contributed by atoms with E-state index in [0.717, 1.165) is 31.2 Å². The van der Waals surface area contributed by atoms with E-state index in [1.165, 1.54) is 0 Å². The molecule has 0 radical (unpaired) electrons. The molecular weight excluding hydrogens is 416 g/mol. The summed E-state index contributed by atoms with van der Waals surface area (Å²) in [5.41, 5.74) is 0.0147. The van der Waals surface area contributed by atoms with E-state index in [2.05, 4.69) is 24.1 Å². The van der Waals surface area contributed by atoms with Gasteiger partial charge in [-0.25, -0.2) is 0 Å². The lowest BCUT2D eigenvalue weighted by atomic mass is 9.95. The summed E-state index contributed by atoms with van der Waals surface area (Å²) in [6.45, 7) is 11.0. The molecule has 1 saturated heterocycles. The normalized spacial score (nSPS) is 16.7. The Balaban J connectivity index is 2.02. The molecule has 1 atom stereocenters. The van der Waals surface area contributed by atoms with Crippen molar-refractivity contribution in [2.75, 3.05) is 6.54 Å². The number of hydrogen-bond acceptors (Lipinski definition) is 4. The van der Waals surface area contributed by atoms with E-state index >= 15 is 0 Å². The molecule has 2 aromatic rings. The first-order valence-electron chi connectivity index (χ1n) is 11.8. The Morgan fingerprint density at radius 2 is 1.91 bits per heavy atom. The number of aromatic nitrogens is 2. The number of carbonyl (C=O) groups is 2. The van der Waals surface area contributed by atoms with Gasteiger partial charge in [-0.15, -0.1) is 0 Å². The summed E-state index contributed by atoms with van der Waals surface area (Å²) >= 11 is 0. The lowest BCUT2D eigenvalue weighted by Crippen LogP contribution is -2.45. The Hall–Kier alpha value is -2.96. The van der Waals surface area contributed by atoms with Gasteiger partial charge in [-0.05, 0) is 64.0 Å². The zero-order valence-corrected chi connectivity index (χ0v) is 20.4. The molecule has 1 aliphatic heterocycles. The Kier molecular flexibility index (Phi) is 7.72. The number of nitrogens with zero attached hydrogens (tertiary/aromatic N) is 3. The summed E-state index contributed by atoms with van der Waals surface area (Å²) in [5, 5.41) is 2.86. The molecular formula is C26H36N4O3. The van der Waals surface area contributed by atoms with Crippen LogP contribution < -0.4 is 10.7 Å². The van der Waals surface area contributed by atoms with Gasteiger partial charge in [0.05, 0.1) is 6.04 Å². The van der Waals surface area contributed by atoms with Crippen LogP contribution in [0.5, 0.6) is 0 Å². The number of aryl methyl sites for hydroxylation is 1. The van der Waals surface area contributed by atoms with E-state index in [1.54, 1.807) is 29.7 Å². The van der Waals surface area contributed by atoms with Gasteiger partial charge in [0.1, 0.15) is 11.1 Å². The molecule has 0 aromatic carbocycles. The third-order valence-electron chi connectivity index (χ3n) is 5.84. The molecule has 33 heavy (non-hydrogen) atoms. The fraction of sp³-hybridized carbons (Fsp3) is 0.538. The lowest BCUT2D eigenvalue weighted by Gasteiger charge is -2.36. The topological polar surface area (TPSA) is 84.3 Å². The molecule has 7 heteroatoms. The van der Waals surface area contributed by atoms with Crippen molar-refractivity contribution in [1.82, 2.24) is 19.8 Å². The summed E-state index contributed by atoms with van der Waals surface area (Å²) in [6.07, 6.45) is 10.3. The fourth-order valence-electron chi connectivity index (χ4n) is 4.14. The average Bonchev–Trinajstić information content (AvgIpc) is 2.77. The Labute approximate surface area is 196 Å². The predicted octanol–water partition coefficient (Wildman–Crippen LogP) is 4.19. The number of amides is 2.